The highest BCUT2D eigenvalue weighted by molar-refractivity contribution is 9.11. The Hall–Kier alpha value is -1.18. The predicted octanol–water partition coefficient (Wildman–Crippen LogP) is 5.67. The Bertz CT molecular complexity index is 760. The molecule has 0 unspecified atom stereocenters. The van der Waals surface area contributed by atoms with Crippen LogP contribution in [0.1, 0.15) is 31.8 Å². The summed E-state index contributed by atoms with van der Waals surface area (Å²) in [4.78, 5) is 22.2. The van der Waals surface area contributed by atoms with Crippen LogP contribution in [0, 0.1) is 6.92 Å². The van der Waals surface area contributed by atoms with Gasteiger partial charge in [0.05, 0.1) is 25.3 Å². The highest BCUT2D eigenvalue weighted by Crippen LogP contribution is 2.21. The van der Waals surface area contributed by atoms with Crippen molar-refractivity contribution in [3.8, 4) is 0 Å². The van der Waals surface area contributed by atoms with Crippen LogP contribution in [-0.2, 0) is 14.8 Å². The minimum Gasteiger partial charge on any atom is -0.465 e. The van der Waals surface area contributed by atoms with Gasteiger partial charge in [-0.3, -0.25) is 0 Å². The second-order valence-electron chi connectivity index (χ2n) is 4.89. The molecule has 0 bridgehead atoms. The number of methoxy groups -OCH3 is 2. The van der Waals surface area contributed by atoms with Crippen molar-refractivity contribution in [1.82, 2.24) is 0 Å². The van der Waals surface area contributed by atoms with Crippen LogP contribution >= 0.6 is 47.8 Å². The number of alkyl halides is 1. The van der Waals surface area contributed by atoms with Crippen LogP contribution in [0.2, 0.25) is 0 Å². The number of hydrogen-bond acceptors (Lipinski definition) is 4. The van der Waals surface area contributed by atoms with Gasteiger partial charge in [0, 0.05) is 14.3 Å². The monoisotopic (exact) mass is 534 g/mol. The number of rotatable bonds is 3. The number of carbonyl (C=O) groups is 2. The van der Waals surface area contributed by atoms with E-state index in [-0.39, 0.29) is 11.9 Å². The summed E-state index contributed by atoms with van der Waals surface area (Å²) in [5.74, 6) is -0.611. The average Bonchev–Trinajstić information content (AvgIpc) is 2.63. The molecule has 2 rings (SSSR count). The minimum atomic E-state index is -0.310. The Morgan fingerprint density at radius 1 is 0.880 bits per heavy atom. The number of halogens is 3. The first kappa shape index (κ1) is 21.9. The highest BCUT2D eigenvalue weighted by atomic mass is 79.9. The Morgan fingerprint density at radius 2 is 1.36 bits per heavy atom. The predicted molar refractivity (Wildman–Crippen MR) is 108 cm³/mol. The molecule has 0 radical (unpaired) electrons. The Labute approximate surface area is 172 Å². The Kier molecular flexibility index (Phi) is 9.38. The summed E-state index contributed by atoms with van der Waals surface area (Å²) in [5.41, 5.74) is 3.21. The van der Waals surface area contributed by atoms with E-state index in [1.165, 1.54) is 14.2 Å². The average molecular weight is 537 g/mol. The first-order valence-corrected chi connectivity index (χ1v) is 9.82. The van der Waals surface area contributed by atoms with E-state index < -0.39 is 0 Å². The van der Waals surface area contributed by atoms with Crippen molar-refractivity contribution < 1.29 is 19.1 Å². The third-order valence-electron chi connectivity index (χ3n) is 3.19. The largest absolute Gasteiger partial charge is 0.465 e. The molecule has 0 spiro atoms. The number of ether oxygens (including phenoxy) is 2. The Balaban J connectivity index is 0.000000251. The molecule has 134 valence electrons. The second-order valence-corrected chi connectivity index (χ2v) is 7.16. The minimum absolute atomic E-state index is 0.300. The molecule has 0 N–H and O–H groups in total. The number of benzene rings is 2. The topological polar surface area (TPSA) is 52.6 Å². The summed E-state index contributed by atoms with van der Waals surface area (Å²) in [6.07, 6.45) is 0. The highest BCUT2D eigenvalue weighted by Gasteiger charge is 2.07. The standard InChI is InChI=1S/C9H8Br2O2.C9H9BrO2/c1-13-9(12)6-2-3-8(11)7(4-6)5-10;1-6-5-7(9(11)12-2)3-4-8(6)10/h2-4H,5H2,1H3;3-5H,1-2H3. The van der Waals surface area contributed by atoms with E-state index in [9.17, 15) is 9.59 Å². The second kappa shape index (κ2) is 10.7. The van der Waals surface area contributed by atoms with Crippen molar-refractivity contribution >= 4 is 59.7 Å². The molecule has 0 heterocycles. The molecule has 0 aliphatic rings. The zero-order valence-corrected chi connectivity index (χ0v) is 18.7. The van der Waals surface area contributed by atoms with Crippen LogP contribution < -0.4 is 0 Å². The van der Waals surface area contributed by atoms with Gasteiger partial charge in [-0.2, -0.15) is 0 Å². The first-order valence-electron chi connectivity index (χ1n) is 7.11. The van der Waals surface area contributed by atoms with Gasteiger partial charge < -0.3 is 9.47 Å². The summed E-state index contributed by atoms with van der Waals surface area (Å²) < 4.78 is 11.2. The molecule has 0 saturated carbocycles. The molecule has 0 aromatic heterocycles. The van der Waals surface area contributed by atoms with Gasteiger partial charge in [0.15, 0.2) is 0 Å². The van der Waals surface area contributed by atoms with Gasteiger partial charge in [0.1, 0.15) is 0 Å². The van der Waals surface area contributed by atoms with Gasteiger partial charge in [-0.1, -0.05) is 47.8 Å². The van der Waals surface area contributed by atoms with E-state index >= 15 is 0 Å². The van der Waals surface area contributed by atoms with Crippen LogP contribution in [0.5, 0.6) is 0 Å². The molecule has 0 aliphatic carbocycles. The SMILES string of the molecule is COC(=O)c1ccc(Br)c(C)c1.COC(=O)c1ccc(Br)c(CBr)c1. The fourth-order valence-corrected chi connectivity index (χ4v) is 3.29. The van der Waals surface area contributed by atoms with Gasteiger partial charge in [-0.15, -0.1) is 0 Å². The molecular formula is C18H17Br3O4. The van der Waals surface area contributed by atoms with E-state index in [2.05, 4.69) is 57.3 Å². The van der Waals surface area contributed by atoms with E-state index in [4.69, 9.17) is 0 Å². The zero-order chi connectivity index (χ0) is 19.0. The third kappa shape index (κ3) is 6.56. The third-order valence-corrected chi connectivity index (χ3v) is 5.46. The maximum absolute atomic E-state index is 11.1. The summed E-state index contributed by atoms with van der Waals surface area (Å²) >= 11 is 10.1. The van der Waals surface area contributed by atoms with Crippen LogP contribution in [-0.4, -0.2) is 26.2 Å². The Morgan fingerprint density at radius 3 is 1.80 bits per heavy atom. The van der Waals surface area contributed by atoms with E-state index in [0.29, 0.717) is 16.5 Å². The van der Waals surface area contributed by atoms with Gasteiger partial charge in [0.25, 0.3) is 0 Å². The summed E-state index contributed by atoms with van der Waals surface area (Å²) in [5, 5.41) is 0.707. The maximum atomic E-state index is 11.1. The lowest BCUT2D eigenvalue weighted by molar-refractivity contribution is 0.0591. The molecule has 0 amide bonds. The van der Waals surface area contributed by atoms with Crippen molar-refractivity contribution in [1.29, 1.82) is 0 Å². The molecule has 25 heavy (non-hydrogen) atoms. The maximum Gasteiger partial charge on any atom is 0.337 e. The molecule has 0 atom stereocenters. The molecule has 2 aromatic carbocycles. The van der Waals surface area contributed by atoms with E-state index in [1.54, 1.807) is 24.3 Å². The lowest BCUT2D eigenvalue weighted by Gasteiger charge is -2.03. The van der Waals surface area contributed by atoms with Crippen LogP contribution in [0.4, 0.5) is 0 Å². The van der Waals surface area contributed by atoms with E-state index in [1.807, 2.05) is 19.1 Å². The fourth-order valence-electron chi connectivity index (χ4n) is 1.81. The normalized spacial score (nSPS) is 9.68. The van der Waals surface area contributed by atoms with Crippen molar-refractivity contribution in [2.24, 2.45) is 0 Å². The lowest BCUT2D eigenvalue weighted by Crippen LogP contribution is -2.01. The molecule has 4 nitrogen and oxygen atoms in total. The number of esters is 2. The van der Waals surface area contributed by atoms with Crippen molar-refractivity contribution in [2.45, 2.75) is 12.3 Å². The van der Waals surface area contributed by atoms with Crippen LogP contribution in [0.25, 0.3) is 0 Å². The smallest absolute Gasteiger partial charge is 0.337 e. The first-order chi connectivity index (χ1) is 11.8. The lowest BCUT2D eigenvalue weighted by atomic mass is 10.1. The van der Waals surface area contributed by atoms with Crippen molar-refractivity contribution in [3.63, 3.8) is 0 Å². The van der Waals surface area contributed by atoms with Crippen LogP contribution in [0.15, 0.2) is 45.3 Å². The number of hydrogen-bond donors (Lipinski definition) is 0. The summed E-state index contributed by atoms with van der Waals surface area (Å²) in [6, 6.07) is 10.7. The number of carbonyl (C=O) groups excluding carboxylic acids is 2. The summed E-state index contributed by atoms with van der Waals surface area (Å²) in [7, 11) is 2.75. The molecular weight excluding hydrogens is 520 g/mol. The van der Waals surface area contributed by atoms with Gasteiger partial charge in [0.2, 0.25) is 0 Å². The number of aryl methyl sites for hydroxylation is 1. The fraction of sp³-hybridized carbons (Fsp3) is 0.222. The molecule has 0 saturated heterocycles. The molecule has 0 aliphatic heterocycles. The molecule has 2 aromatic rings. The molecule has 0 fully saturated rings. The summed E-state index contributed by atoms with van der Waals surface area (Å²) in [6.45, 7) is 1.93. The van der Waals surface area contributed by atoms with Gasteiger partial charge in [-0.05, 0) is 54.4 Å². The zero-order valence-electron chi connectivity index (χ0n) is 13.9. The van der Waals surface area contributed by atoms with Crippen molar-refractivity contribution in [2.75, 3.05) is 14.2 Å². The van der Waals surface area contributed by atoms with Gasteiger partial charge in [-0.25, -0.2) is 9.59 Å². The molecule has 7 heteroatoms. The van der Waals surface area contributed by atoms with Crippen molar-refractivity contribution in [3.05, 3.63) is 67.6 Å². The van der Waals surface area contributed by atoms with Crippen LogP contribution in [0.3, 0.4) is 0 Å². The van der Waals surface area contributed by atoms with E-state index in [0.717, 1.165) is 20.1 Å². The van der Waals surface area contributed by atoms with Gasteiger partial charge >= 0.3 is 11.9 Å². The quantitative estimate of drug-likeness (QED) is 0.374.